The Hall–Kier alpha value is -1.91. The molecule has 0 unspecified atom stereocenters. The summed E-state index contributed by atoms with van der Waals surface area (Å²) >= 11 is 3.43. The highest BCUT2D eigenvalue weighted by molar-refractivity contribution is 9.10. The SMILES string of the molecule is Cc1cccc(-n2cc(CO)c(-c3ccc(Br)cc3)n2)c1. The highest BCUT2D eigenvalue weighted by atomic mass is 79.9. The van der Waals surface area contributed by atoms with Gasteiger partial charge in [-0.3, -0.25) is 0 Å². The molecule has 3 nitrogen and oxygen atoms in total. The first-order chi connectivity index (χ1) is 10.2. The zero-order valence-corrected chi connectivity index (χ0v) is 13.2. The van der Waals surface area contributed by atoms with E-state index in [0.29, 0.717) is 0 Å². The van der Waals surface area contributed by atoms with Crippen LogP contribution in [0.4, 0.5) is 0 Å². The lowest BCUT2D eigenvalue weighted by atomic mass is 10.1. The number of benzene rings is 2. The van der Waals surface area contributed by atoms with Crippen molar-refractivity contribution < 1.29 is 5.11 Å². The van der Waals surface area contributed by atoms with Gasteiger partial charge in [0, 0.05) is 21.8 Å². The Morgan fingerprint density at radius 1 is 1.14 bits per heavy atom. The maximum Gasteiger partial charge on any atom is 0.0982 e. The van der Waals surface area contributed by atoms with Crippen molar-refractivity contribution in [1.82, 2.24) is 9.78 Å². The smallest absolute Gasteiger partial charge is 0.0982 e. The molecule has 0 fully saturated rings. The molecular weight excluding hydrogens is 328 g/mol. The van der Waals surface area contributed by atoms with E-state index in [-0.39, 0.29) is 6.61 Å². The topological polar surface area (TPSA) is 38.0 Å². The molecule has 1 N–H and O–H groups in total. The van der Waals surface area contributed by atoms with E-state index in [1.807, 2.05) is 47.3 Å². The van der Waals surface area contributed by atoms with Gasteiger partial charge in [0.15, 0.2) is 0 Å². The van der Waals surface area contributed by atoms with E-state index in [1.165, 1.54) is 5.56 Å². The van der Waals surface area contributed by atoms with Gasteiger partial charge in [0.25, 0.3) is 0 Å². The van der Waals surface area contributed by atoms with Crippen LogP contribution in [0.2, 0.25) is 0 Å². The summed E-state index contributed by atoms with van der Waals surface area (Å²) in [6.07, 6.45) is 1.88. The Bertz CT molecular complexity index is 763. The summed E-state index contributed by atoms with van der Waals surface area (Å²) in [6, 6.07) is 16.1. The van der Waals surface area contributed by atoms with Crippen LogP contribution in [0.25, 0.3) is 16.9 Å². The lowest BCUT2D eigenvalue weighted by Crippen LogP contribution is -1.95. The molecule has 0 saturated carbocycles. The molecule has 0 aliphatic carbocycles. The lowest BCUT2D eigenvalue weighted by molar-refractivity contribution is 0.282. The van der Waals surface area contributed by atoms with Gasteiger partial charge in [-0.1, -0.05) is 40.2 Å². The second-order valence-corrected chi connectivity index (χ2v) is 5.87. The van der Waals surface area contributed by atoms with Crippen molar-refractivity contribution in [3.05, 3.63) is 70.3 Å². The monoisotopic (exact) mass is 342 g/mol. The number of aromatic nitrogens is 2. The van der Waals surface area contributed by atoms with Gasteiger partial charge < -0.3 is 5.11 Å². The molecule has 21 heavy (non-hydrogen) atoms. The number of halogens is 1. The first-order valence-electron chi connectivity index (χ1n) is 6.70. The lowest BCUT2D eigenvalue weighted by Gasteiger charge is -2.02. The van der Waals surface area contributed by atoms with Crippen LogP contribution >= 0.6 is 15.9 Å². The van der Waals surface area contributed by atoms with Crippen molar-refractivity contribution in [1.29, 1.82) is 0 Å². The van der Waals surface area contributed by atoms with Gasteiger partial charge in [-0.05, 0) is 36.8 Å². The Balaban J connectivity index is 2.08. The van der Waals surface area contributed by atoms with Crippen molar-refractivity contribution in [2.75, 3.05) is 0 Å². The third-order valence-corrected chi connectivity index (χ3v) is 3.87. The number of aryl methyl sites for hydroxylation is 1. The third kappa shape index (κ3) is 2.91. The standard InChI is InChI=1S/C17H15BrN2O/c1-12-3-2-4-16(9-12)20-10-14(11-21)17(19-20)13-5-7-15(18)8-6-13/h2-10,21H,11H2,1H3. The summed E-state index contributed by atoms with van der Waals surface area (Å²) in [7, 11) is 0. The molecule has 0 atom stereocenters. The average Bonchev–Trinajstić information content (AvgIpc) is 2.92. The van der Waals surface area contributed by atoms with Crippen LogP contribution in [0.5, 0.6) is 0 Å². The summed E-state index contributed by atoms with van der Waals surface area (Å²) in [5, 5.41) is 14.2. The van der Waals surface area contributed by atoms with Gasteiger partial charge in [-0.25, -0.2) is 4.68 Å². The summed E-state index contributed by atoms with van der Waals surface area (Å²) in [4.78, 5) is 0. The predicted molar refractivity (Wildman–Crippen MR) is 87.4 cm³/mol. The molecule has 0 spiro atoms. The summed E-state index contributed by atoms with van der Waals surface area (Å²) in [5.74, 6) is 0. The molecule has 0 radical (unpaired) electrons. The van der Waals surface area contributed by atoms with E-state index in [9.17, 15) is 5.11 Å². The normalized spacial score (nSPS) is 10.8. The number of nitrogens with zero attached hydrogens (tertiary/aromatic N) is 2. The molecule has 3 aromatic rings. The molecule has 4 heteroatoms. The van der Waals surface area contributed by atoms with Crippen LogP contribution < -0.4 is 0 Å². The van der Waals surface area contributed by atoms with Gasteiger partial charge in [0.1, 0.15) is 0 Å². The maximum absolute atomic E-state index is 9.59. The highest BCUT2D eigenvalue weighted by Crippen LogP contribution is 2.25. The molecule has 0 bridgehead atoms. The molecule has 0 saturated heterocycles. The first-order valence-corrected chi connectivity index (χ1v) is 7.49. The largest absolute Gasteiger partial charge is 0.392 e. The second kappa shape index (κ2) is 5.84. The number of rotatable bonds is 3. The minimum absolute atomic E-state index is 0.0305. The Labute approximate surface area is 132 Å². The fourth-order valence-corrected chi connectivity index (χ4v) is 2.54. The van der Waals surface area contributed by atoms with E-state index in [0.717, 1.165) is 27.0 Å². The molecule has 0 aliphatic rings. The zero-order valence-electron chi connectivity index (χ0n) is 11.6. The molecule has 0 aliphatic heterocycles. The van der Waals surface area contributed by atoms with Crippen LogP contribution in [0, 0.1) is 6.92 Å². The molecule has 1 aromatic heterocycles. The zero-order chi connectivity index (χ0) is 14.8. The van der Waals surface area contributed by atoms with Gasteiger partial charge >= 0.3 is 0 Å². The van der Waals surface area contributed by atoms with Gasteiger partial charge in [-0.15, -0.1) is 0 Å². The number of aliphatic hydroxyl groups excluding tert-OH is 1. The maximum atomic E-state index is 9.59. The van der Waals surface area contributed by atoms with E-state index < -0.39 is 0 Å². The highest BCUT2D eigenvalue weighted by Gasteiger charge is 2.11. The van der Waals surface area contributed by atoms with Crippen LogP contribution in [0.3, 0.4) is 0 Å². The van der Waals surface area contributed by atoms with Crippen LogP contribution in [0.15, 0.2) is 59.2 Å². The van der Waals surface area contributed by atoms with Gasteiger partial charge in [-0.2, -0.15) is 5.10 Å². The van der Waals surface area contributed by atoms with Crippen molar-refractivity contribution in [2.45, 2.75) is 13.5 Å². The van der Waals surface area contributed by atoms with Gasteiger partial charge in [0.05, 0.1) is 18.0 Å². The number of hydrogen-bond acceptors (Lipinski definition) is 2. The quantitative estimate of drug-likeness (QED) is 0.777. The Kier molecular flexibility index (Phi) is 3.90. The Morgan fingerprint density at radius 2 is 1.90 bits per heavy atom. The Morgan fingerprint density at radius 3 is 2.57 bits per heavy atom. The van der Waals surface area contributed by atoms with Crippen molar-refractivity contribution >= 4 is 15.9 Å². The van der Waals surface area contributed by atoms with Crippen LogP contribution in [-0.2, 0) is 6.61 Å². The number of aliphatic hydroxyl groups is 1. The molecule has 1 heterocycles. The van der Waals surface area contributed by atoms with Gasteiger partial charge in [0.2, 0.25) is 0 Å². The third-order valence-electron chi connectivity index (χ3n) is 3.34. The van der Waals surface area contributed by atoms with E-state index in [4.69, 9.17) is 0 Å². The predicted octanol–water partition coefficient (Wildman–Crippen LogP) is 4.10. The molecule has 3 rings (SSSR count). The van der Waals surface area contributed by atoms with Crippen molar-refractivity contribution in [2.24, 2.45) is 0 Å². The summed E-state index contributed by atoms with van der Waals surface area (Å²) < 4.78 is 2.84. The minimum Gasteiger partial charge on any atom is -0.392 e. The van der Waals surface area contributed by atoms with E-state index in [1.54, 1.807) is 0 Å². The first kappa shape index (κ1) is 14.0. The van der Waals surface area contributed by atoms with E-state index >= 15 is 0 Å². The average molecular weight is 343 g/mol. The van der Waals surface area contributed by atoms with Crippen LogP contribution in [-0.4, -0.2) is 14.9 Å². The molecular formula is C17H15BrN2O. The fraction of sp³-hybridized carbons (Fsp3) is 0.118. The minimum atomic E-state index is -0.0305. The van der Waals surface area contributed by atoms with E-state index in [2.05, 4.69) is 40.1 Å². The van der Waals surface area contributed by atoms with Crippen molar-refractivity contribution in [3.63, 3.8) is 0 Å². The summed E-state index contributed by atoms with van der Waals surface area (Å²) in [6.45, 7) is 2.02. The van der Waals surface area contributed by atoms with Crippen molar-refractivity contribution in [3.8, 4) is 16.9 Å². The van der Waals surface area contributed by atoms with Crippen LogP contribution in [0.1, 0.15) is 11.1 Å². The fourth-order valence-electron chi connectivity index (χ4n) is 2.28. The molecule has 106 valence electrons. The summed E-state index contributed by atoms with van der Waals surface area (Å²) in [5.41, 5.74) is 4.80. The second-order valence-electron chi connectivity index (χ2n) is 4.95. The number of hydrogen-bond donors (Lipinski definition) is 1. The molecule has 0 amide bonds. The molecule has 2 aromatic carbocycles.